The molecule has 5 heavy (non-hydrogen) atoms. The minimum Gasteiger partial charge on any atom is -1.00 e. The molecule has 0 aliphatic carbocycles. The molecule has 0 rings (SSSR count). The molecule has 0 aromatic carbocycles. The second-order valence-corrected chi connectivity index (χ2v) is 1.37. The van der Waals surface area contributed by atoms with Crippen LogP contribution < -0.4 is 12.4 Å². The third-order valence-corrected chi connectivity index (χ3v) is 0.866. The van der Waals surface area contributed by atoms with Crippen LogP contribution in [0.5, 0.6) is 0 Å². The van der Waals surface area contributed by atoms with Crippen molar-refractivity contribution in [1.82, 2.24) is 0 Å². The Morgan fingerprint density at radius 2 is 2.00 bits per heavy atom. The maximum Gasteiger partial charge on any atom is -1.00 e. The molecule has 0 bridgehead atoms. The van der Waals surface area contributed by atoms with E-state index in [-0.39, 0.29) is 13.8 Å². The Bertz CT molecular complexity index is 12.8. The van der Waals surface area contributed by atoms with E-state index >= 15 is 0 Å². The first-order chi connectivity index (χ1) is 1.91. The van der Waals surface area contributed by atoms with Crippen LogP contribution in [0.4, 0.5) is 0 Å². The van der Waals surface area contributed by atoms with Gasteiger partial charge >= 0.3 is 34.9 Å². The monoisotopic (exact) mass is 106 g/mol. The molecule has 0 aliphatic rings. The topological polar surface area (TPSA) is 0 Å². The van der Waals surface area contributed by atoms with Crippen molar-refractivity contribution in [2.45, 2.75) is 18.6 Å². The standard InChI is InChI=1S/C3H7.Al.ClH.H/c1-3-2;;;/h1,3H2,2H3;;1H;/q;+2;;-1/p-1. The minimum absolute atomic E-state index is 0. The molecule has 0 aliphatic heterocycles. The van der Waals surface area contributed by atoms with Gasteiger partial charge in [-0.1, -0.05) is 0 Å². The van der Waals surface area contributed by atoms with Crippen LogP contribution >= 0.6 is 0 Å². The first kappa shape index (κ1) is 9.27. The molecule has 0 saturated heterocycles. The molecule has 30 valence electrons. The van der Waals surface area contributed by atoms with Crippen molar-refractivity contribution in [1.29, 1.82) is 0 Å². The van der Waals surface area contributed by atoms with E-state index in [9.17, 15) is 0 Å². The average molecular weight is 107 g/mol. The van der Waals surface area contributed by atoms with E-state index < -0.39 is 0 Å². The summed E-state index contributed by atoms with van der Waals surface area (Å²) in [6.07, 6.45) is 1.28. The molecule has 0 radical (unpaired) electrons. The molecule has 0 fully saturated rings. The predicted octanol–water partition coefficient (Wildman–Crippen LogP) is -1.90. The second-order valence-electron chi connectivity index (χ2n) is 0.789. The van der Waals surface area contributed by atoms with Crippen molar-refractivity contribution in [3.8, 4) is 0 Å². The molecule has 0 aromatic heterocycles. The summed E-state index contributed by atoms with van der Waals surface area (Å²) in [6.45, 7) is 2.16. The molecule has 0 saturated carbocycles. The van der Waals surface area contributed by atoms with Gasteiger partial charge in [0.2, 0.25) is 0 Å². The van der Waals surface area contributed by atoms with Gasteiger partial charge in [0, 0.05) is 0 Å². The largest absolute Gasteiger partial charge is 1.00 e. The summed E-state index contributed by atoms with van der Waals surface area (Å²) >= 11 is 2.66. The first-order valence-electron chi connectivity index (χ1n) is 1.62. The van der Waals surface area contributed by atoms with Crippen molar-refractivity contribution in [3.05, 3.63) is 0 Å². The Hall–Kier alpha value is 0.822. The van der Waals surface area contributed by atoms with Gasteiger partial charge in [0.1, 0.15) is 0 Å². The van der Waals surface area contributed by atoms with Gasteiger partial charge in [0.05, 0.1) is 0 Å². The summed E-state index contributed by atoms with van der Waals surface area (Å²) in [5.41, 5.74) is 0. The molecule has 0 aromatic rings. The number of hydrogen-bond donors (Lipinski definition) is 0. The summed E-state index contributed by atoms with van der Waals surface area (Å²) < 4.78 is 0. The van der Waals surface area contributed by atoms with Crippen molar-refractivity contribution in [2.75, 3.05) is 0 Å². The maximum absolute atomic E-state index is 2.66. The third kappa shape index (κ3) is 11.6. The number of hydrogen-bond acceptors (Lipinski definition) is 0. The van der Waals surface area contributed by atoms with Crippen LogP contribution in [0, 0.1) is 0 Å². The molecule has 0 amide bonds. The smallest absolute Gasteiger partial charge is 1.00 e. The summed E-state index contributed by atoms with van der Waals surface area (Å²) in [5.74, 6) is 0. The summed E-state index contributed by atoms with van der Waals surface area (Å²) in [5, 5.41) is 1.24. The van der Waals surface area contributed by atoms with Crippen LogP contribution in [-0.2, 0) is 0 Å². The molecule has 0 atom stereocenters. The SMILES string of the molecule is CC[CH2][Al+2].[Cl-].[H-]. The van der Waals surface area contributed by atoms with Gasteiger partial charge < -0.3 is 13.8 Å². The fraction of sp³-hybridized carbons (Fsp3) is 1.00. The fourth-order valence-electron chi connectivity index (χ4n) is 0. The Labute approximate surface area is 49.3 Å². The van der Waals surface area contributed by atoms with Crippen LogP contribution in [0.25, 0.3) is 0 Å². The van der Waals surface area contributed by atoms with Crippen LogP contribution in [0.1, 0.15) is 14.8 Å². The van der Waals surface area contributed by atoms with E-state index in [4.69, 9.17) is 0 Å². The molecule has 2 heteroatoms. The van der Waals surface area contributed by atoms with Gasteiger partial charge in [0.25, 0.3) is 0 Å². The van der Waals surface area contributed by atoms with Gasteiger partial charge in [-0.2, -0.15) is 0 Å². The Balaban J connectivity index is -0.0000000450. The Kier molecular flexibility index (Phi) is 16.4. The van der Waals surface area contributed by atoms with E-state index in [0.29, 0.717) is 0 Å². The second kappa shape index (κ2) is 8.85. The third-order valence-electron chi connectivity index (χ3n) is 0.289. The fourth-order valence-corrected chi connectivity index (χ4v) is 0. The first-order valence-corrected chi connectivity index (χ1v) is 2.43. The van der Waals surface area contributed by atoms with Crippen LogP contribution in [0.3, 0.4) is 0 Å². The van der Waals surface area contributed by atoms with E-state index in [2.05, 4.69) is 23.2 Å². The van der Waals surface area contributed by atoms with Gasteiger partial charge in [-0.3, -0.25) is 0 Å². The van der Waals surface area contributed by atoms with E-state index in [0.717, 1.165) is 0 Å². The van der Waals surface area contributed by atoms with Crippen molar-refractivity contribution < 1.29 is 13.8 Å². The van der Waals surface area contributed by atoms with Gasteiger partial charge in [-0.15, -0.1) is 0 Å². The molecular formula is C3H8AlCl. The van der Waals surface area contributed by atoms with Gasteiger partial charge in [-0.05, 0) is 0 Å². The zero-order valence-electron chi connectivity index (χ0n) is 4.37. The predicted molar refractivity (Wildman–Crippen MR) is 22.0 cm³/mol. The summed E-state index contributed by atoms with van der Waals surface area (Å²) in [6, 6.07) is 0. The summed E-state index contributed by atoms with van der Waals surface area (Å²) in [4.78, 5) is 0. The van der Waals surface area contributed by atoms with Crippen LogP contribution in [-0.4, -0.2) is 16.3 Å². The molecule has 0 spiro atoms. The zero-order valence-corrected chi connectivity index (χ0v) is 5.28. The normalized spacial score (nSPS) is 6.20. The Morgan fingerprint density at radius 1 is 1.80 bits per heavy atom. The van der Waals surface area contributed by atoms with E-state index in [1.54, 1.807) is 0 Å². The van der Waals surface area contributed by atoms with Crippen molar-refractivity contribution in [2.24, 2.45) is 0 Å². The molecule has 0 unspecified atom stereocenters. The van der Waals surface area contributed by atoms with Crippen molar-refractivity contribution >= 4 is 16.3 Å². The average Bonchev–Trinajstić information content (AvgIpc) is 1.37. The number of rotatable bonds is 1. The van der Waals surface area contributed by atoms with Gasteiger partial charge in [-0.25, -0.2) is 0 Å². The molecule has 0 nitrogen and oxygen atoms in total. The van der Waals surface area contributed by atoms with Crippen LogP contribution in [0.2, 0.25) is 5.28 Å². The summed E-state index contributed by atoms with van der Waals surface area (Å²) in [7, 11) is 0. The van der Waals surface area contributed by atoms with E-state index in [1.165, 1.54) is 11.7 Å². The van der Waals surface area contributed by atoms with Gasteiger partial charge in [0.15, 0.2) is 0 Å². The molecule has 0 N–H and O–H groups in total. The van der Waals surface area contributed by atoms with E-state index in [1.807, 2.05) is 0 Å². The Morgan fingerprint density at radius 3 is 2.00 bits per heavy atom. The quantitative estimate of drug-likeness (QED) is 0.343. The maximum atomic E-state index is 2.66. The zero-order chi connectivity index (χ0) is 3.41. The minimum atomic E-state index is 0. The van der Waals surface area contributed by atoms with Crippen LogP contribution in [0.15, 0.2) is 0 Å². The molecular weight excluding hydrogens is 98.5 g/mol. The van der Waals surface area contributed by atoms with Crippen molar-refractivity contribution in [3.63, 3.8) is 0 Å². The number of halogens is 1. The molecule has 0 heterocycles.